The lowest BCUT2D eigenvalue weighted by molar-refractivity contribution is -0.118. The van der Waals surface area contributed by atoms with Crippen molar-refractivity contribution in [3.8, 4) is 5.75 Å². The monoisotopic (exact) mass is 656 g/mol. The van der Waals surface area contributed by atoms with Gasteiger partial charge in [-0.1, -0.05) is 30.7 Å². The number of halogens is 1. The Balaban J connectivity index is 1.20. The number of rotatable bonds is 15. The number of para-hydroxylation sites is 1. The number of sulfone groups is 1. The predicted molar refractivity (Wildman–Crippen MR) is 180 cm³/mol. The number of ether oxygens (including phenoxy) is 2. The maximum Gasteiger partial charge on any atom is 0.229 e. The van der Waals surface area contributed by atoms with Crippen molar-refractivity contribution in [3.63, 3.8) is 0 Å². The number of likely N-dealkylation sites (tertiary alicyclic amines) is 2. The molecule has 0 saturated carbocycles. The van der Waals surface area contributed by atoms with Gasteiger partial charge in [-0.3, -0.25) is 4.90 Å². The van der Waals surface area contributed by atoms with Crippen molar-refractivity contribution in [1.29, 1.82) is 0 Å². The second kappa shape index (κ2) is 14.2. The van der Waals surface area contributed by atoms with Gasteiger partial charge in [-0.2, -0.15) is 4.98 Å². The Morgan fingerprint density at radius 3 is 2.42 bits per heavy atom. The first kappa shape index (κ1) is 33.4. The first-order chi connectivity index (χ1) is 21.5. The number of nitrogens with zero attached hydrogens (tertiary/aromatic N) is 4. The van der Waals surface area contributed by atoms with Crippen molar-refractivity contribution in [1.82, 2.24) is 19.8 Å². The molecule has 2 aliphatic rings. The van der Waals surface area contributed by atoms with E-state index in [1.807, 2.05) is 6.07 Å². The second-order valence-electron chi connectivity index (χ2n) is 12.5. The van der Waals surface area contributed by atoms with Gasteiger partial charge in [-0.05, 0) is 69.0 Å². The maximum atomic E-state index is 12.9. The molecule has 0 aliphatic carbocycles. The highest BCUT2D eigenvalue weighted by molar-refractivity contribution is 7.92. The van der Waals surface area contributed by atoms with E-state index >= 15 is 0 Å². The van der Waals surface area contributed by atoms with Crippen LogP contribution >= 0.6 is 11.6 Å². The predicted octanol–water partition coefficient (Wildman–Crippen LogP) is 5.70. The molecule has 2 saturated heterocycles. The minimum absolute atomic E-state index is 0.188. The molecule has 2 N–H and O–H groups in total. The Hall–Kier alpha value is -2.96. The number of benzene rings is 2. The molecule has 0 unspecified atom stereocenters. The van der Waals surface area contributed by atoms with Crippen molar-refractivity contribution in [2.75, 3.05) is 70.2 Å². The third-order valence-corrected chi connectivity index (χ3v) is 11.0. The smallest absolute Gasteiger partial charge is 0.229 e. The number of methoxy groups -OCH3 is 1. The van der Waals surface area contributed by atoms with Crippen molar-refractivity contribution in [2.24, 2.45) is 5.41 Å². The van der Waals surface area contributed by atoms with E-state index in [1.54, 1.807) is 45.2 Å². The van der Waals surface area contributed by atoms with Gasteiger partial charge in [0.2, 0.25) is 5.95 Å². The molecule has 5 rings (SSSR count). The number of aryl methyl sites for hydroxylation is 1. The van der Waals surface area contributed by atoms with Crippen molar-refractivity contribution in [2.45, 2.75) is 50.7 Å². The Morgan fingerprint density at radius 2 is 1.73 bits per heavy atom. The standard InChI is InChI=1S/C33H45ClN6O4S/c1-6-14-44-15-13-40-21-33(22-40)19-39(20-33)12-11-25-17-29(43-5)28(16-24(25)4)37-32-35-18-26(34)31(38-32)36-27-9-7-8-10-30(27)45(41,42)23(2)3/h7-10,16-18,23H,6,11-15,19-22H2,1-5H3,(H2,35,36,37,38). The van der Waals surface area contributed by atoms with Crippen LogP contribution in [0.3, 0.4) is 0 Å². The molecule has 12 heteroatoms. The molecule has 3 aromatic rings. The largest absolute Gasteiger partial charge is 0.495 e. The van der Waals surface area contributed by atoms with Crippen LogP contribution < -0.4 is 15.4 Å². The third-order valence-electron chi connectivity index (χ3n) is 8.55. The molecule has 3 heterocycles. The van der Waals surface area contributed by atoms with Crippen LogP contribution in [0.25, 0.3) is 0 Å². The molecule has 1 spiro atoms. The average molecular weight is 657 g/mol. The van der Waals surface area contributed by atoms with E-state index in [4.69, 9.17) is 21.1 Å². The normalized spacial score (nSPS) is 16.4. The summed E-state index contributed by atoms with van der Waals surface area (Å²) < 4.78 is 37.3. The zero-order valence-electron chi connectivity index (χ0n) is 26.9. The van der Waals surface area contributed by atoms with Gasteiger partial charge in [-0.25, -0.2) is 13.4 Å². The van der Waals surface area contributed by atoms with Crippen molar-refractivity contribution < 1.29 is 17.9 Å². The molecule has 0 amide bonds. The van der Waals surface area contributed by atoms with Crippen LogP contribution in [-0.4, -0.2) is 93.0 Å². The van der Waals surface area contributed by atoms with E-state index in [0.717, 1.165) is 63.5 Å². The summed E-state index contributed by atoms with van der Waals surface area (Å²) in [7, 11) is -1.88. The summed E-state index contributed by atoms with van der Waals surface area (Å²) in [5.74, 6) is 1.28. The second-order valence-corrected chi connectivity index (χ2v) is 15.4. The van der Waals surface area contributed by atoms with E-state index in [-0.39, 0.29) is 9.92 Å². The van der Waals surface area contributed by atoms with Crippen LogP contribution in [0, 0.1) is 12.3 Å². The molecule has 244 valence electrons. The van der Waals surface area contributed by atoms with Crippen LogP contribution in [0.4, 0.5) is 23.1 Å². The van der Waals surface area contributed by atoms with Gasteiger partial charge in [0.15, 0.2) is 15.7 Å². The van der Waals surface area contributed by atoms with Crippen LogP contribution in [0.1, 0.15) is 38.3 Å². The Kier molecular flexibility index (Phi) is 10.6. The Labute approximate surface area is 272 Å². The number of hydrogen-bond donors (Lipinski definition) is 2. The van der Waals surface area contributed by atoms with Crippen molar-refractivity contribution in [3.05, 3.63) is 58.7 Å². The van der Waals surface area contributed by atoms with Crippen LogP contribution in [0.5, 0.6) is 5.75 Å². The molecule has 45 heavy (non-hydrogen) atoms. The van der Waals surface area contributed by atoms with E-state index in [0.29, 0.717) is 28.6 Å². The summed E-state index contributed by atoms with van der Waals surface area (Å²) in [6.45, 7) is 16.0. The van der Waals surface area contributed by atoms with Gasteiger partial charge in [0, 0.05) is 51.3 Å². The number of anilines is 4. The molecule has 2 aromatic carbocycles. The summed E-state index contributed by atoms with van der Waals surface area (Å²) in [6.07, 6.45) is 3.50. The van der Waals surface area contributed by atoms with Gasteiger partial charge in [0.25, 0.3) is 0 Å². The fraction of sp³-hybridized carbons (Fsp3) is 0.515. The fourth-order valence-corrected chi connectivity index (χ4v) is 7.48. The third kappa shape index (κ3) is 7.72. The van der Waals surface area contributed by atoms with Crippen molar-refractivity contribution >= 4 is 44.6 Å². The Morgan fingerprint density at radius 1 is 1.02 bits per heavy atom. The zero-order valence-corrected chi connectivity index (χ0v) is 28.5. The summed E-state index contributed by atoms with van der Waals surface area (Å²) in [4.78, 5) is 14.2. The Bertz CT molecular complexity index is 1590. The van der Waals surface area contributed by atoms with Gasteiger partial charge in [0.1, 0.15) is 10.8 Å². The van der Waals surface area contributed by atoms with Crippen LogP contribution in [0.15, 0.2) is 47.5 Å². The average Bonchev–Trinajstić information content (AvgIpc) is 2.97. The van der Waals surface area contributed by atoms with Gasteiger partial charge >= 0.3 is 0 Å². The minimum atomic E-state index is -3.53. The molecular formula is C33H45ClN6O4S. The van der Waals surface area contributed by atoms with Crippen LogP contribution in [-0.2, 0) is 21.0 Å². The van der Waals surface area contributed by atoms with Gasteiger partial charge < -0.3 is 25.0 Å². The highest BCUT2D eigenvalue weighted by Gasteiger charge is 2.50. The van der Waals surface area contributed by atoms with E-state index in [1.165, 1.54) is 24.8 Å². The highest BCUT2D eigenvalue weighted by Crippen LogP contribution is 2.40. The number of nitrogens with one attached hydrogen (secondary N) is 2. The van der Waals surface area contributed by atoms with Crippen LogP contribution in [0.2, 0.25) is 5.02 Å². The summed E-state index contributed by atoms with van der Waals surface area (Å²) in [6, 6.07) is 10.9. The lowest BCUT2D eigenvalue weighted by atomic mass is 9.72. The maximum absolute atomic E-state index is 12.9. The first-order valence-electron chi connectivity index (χ1n) is 15.6. The number of aromatic nitrogens is 2. The molecule has 10 nitrogen and oxygen atoms in total. The SMILES string of the molecule is CCCOCCN1CC2(C1)CN(CCc1cc(OC)c(Nc3ncc(Cl)c(Nc4ccccc4S(=O)(=O)C(C)C)n3)cc1C)C2. The molecule has 0 bridgehead atoms. The zero-order chi connectivity index (χ0) is 32.2. The first-order valence-corrected chi connectivity index (χ1v) is 17.6. The lowest BCUT2D eigenvalue weighted by Crippen LogP contribution is -2.72. The molecule has 2 aliphatic heterocycles. The fourth-order valence-electron chi connectivity index (χ4n) is 6.14. The summed E-state index contributed by atoms with van der Waals surface area (Å²) in [5, 5.41) is 6.05. The summed E-state index contributed by atoms with van der Waals surface area (Å²) in [5.41, 5.74) is 3.99. The number of hydrogen-bond acceptors (Lipinski definition) is 10. The quantitative estimate of drug-likeness (QED) is 0.198. The molecular weight excluding hydrogens is 612 g/mol. The van der Waals surface area contributed by atoms with Gasteiger partial charge in [-0.15, -0.1) is 0 Å². The molecule has 0 radical (unpaired) electrons. The van der Waals surface area contributed by atoms with E-state index in [9.17, 15) is 8.42 Å². The minimum Gasteiger partial charge on any atom is -0.495 e. The molecule has 1 aromatic heterocycles. The summed E-state index contributed by atoms with van der Waals surface area (Å²) >= 11 is 6.43. The highest BCUT2D eigenvalue weighted by atomic mass is 35.5. The molecule has 0 atom stereocenters. The molecule has 2 fully saturated rings. The van der Waals surface area contributed by atoms with E-state index < -0.39 is 15.1 Å². The van der Waals surface area contributed by atoms with E-state index in [2.05, 4.69) is 50.3 Å². The lowest BCUT2D eigenvalue weighted by Gasteiger charge is -2.60. The topological polar surface area (TPSA) is 109 Å². The van der Waals surface area contributed by atoms with Gasteiger partial charge in [0.05, 0.1) is 41.4 Å².